The highest BCUT2D eigenvalue weighted by atomic mass is 16.5. The molecule has 2 rings (SSSR count). The molecular formula is C23H27NO4. The van der Waals surface area contributed by atoms with Crippen molar-refractivity contribution in [3.8, 4) is 0 Å². The van der Waals surface area contributed by atoms with Crippen molar-refractivity contribution < 1.29 is 14.3 Å². The van der Waals surface area contributed by atoms with E-state index in [-0.39, 0.29) is 23.2 Å². The van der Waals surface area contributed by atoms with Crippen molar-refractivity contribution in [2.45, 2.75) is 39.2 Å². The molecule has 5 nitrogen and oxygen atoms in total. The second-order valence-electron chi connectivity index (χ2n) is 6.79. The van der Waals surface area contributed by atoms with Crippen LogP contribution in [0.4, 0.5) is 0 Å². The van der Waals surface area contributed by atoms with Crippen molar-refractivity contribution in [2.24, 2.45) is 5.92 Å². The molecule has 0 aliphatic carbocycles. The minimum atomic E-state index is -0.290. The molecule has 0 aliphatic rings. The van der Waals surface area contributed by atoms with Gasteiger partial charge in [-0.3, -0.25) is 14.4 Å². The van der Waals surface area contributed by atoms with E-state index in [1.807, 2.05) is 30.3 Å². The third-order valence-corrected chi connectivity index (χ3v) is 4.60. The van der Waals surface area contributed by atoms with Gasteiger partial charge in [0.05, 0.1) is 13.0 Å². The van der Waals surface area contributed by atoms with Crippen molar-refractivity contribution in [1.29, 1.82) is 0 Å². The summed E-state index contributed by atoms with van der Waals surface area (Å²) in [7, 11) is 1.36. The Bertz CT molecular complexity index is 882. The van der Waals surface area contributed by atoms with E-state index in [9.17, 15) is 14.4 Å². The molecule has 0 N–H and O–H groups in total. The molecule has 0 radical (unpaired) electrons. The molecule has 1 heterocycles. The summed E-state index contributed by atoms with van der Waals surface area (Å²) in [5.74, 6) is -0.550. The van der Waals surface area contributed by atoms with Crippen molar-refractivity contribution >= 4 is 17.8 Å². The fourth-order valence-electron chi connectivity index (χ4n) is 2.87. The van der Waals surface area contributed by atoms with Gasteiger partial charge >= 0.3 is 5.97 Å². The van der Waals surface area contributed by atoms with Crippen LogP contribution in [0.5, 0.6) is 0 Å². The van der Waals surface area contributed by atoms with Crippen LogP contribution in [0.3, 0.4) is 0 Å². The number of esters is 1. The van der Waals surface area contributed by atoms with Gasteiger partial charge in [-0.25, -0.2) is 0 Å². The van der Waals surface area contributed by atoms with E-state index >= 15 is 0 Å². The van der Waals surface area contributed by atoms with E-state index in [2.05, 4.69) is 10.8 Å². The predicted octanol–water partition coefficient (Wildman–Crippen LogP) is 4.11. The standard InChI is InChI=1S/C23H27NO4/c1-18(23(27)28-2)13-14-21(25)20-11-8-10-19(17-20)9-4-3-6-15-24-16-7-5-12-22(24)26/h4-5,7-12,16-18H,3,6,13-15H2,1-2H3/b9-4-/t18-/m0/s1. The van der Waals surface area contributed by atoms with Crippen LogP contribution in [0, 0.1) is 5.92 Å². The summed E-state index contributed by atoms with van der Waals surface area (Å²) in [4.78, 5) is 35.4. The number of rotatable bonds is 10. The third kappa shape index (κ3) is 6.65. The van der Waals surface area contributed by atoms with Gasteiger partial charge < -0.3 is 9.30 Å². The first kappa shape index (κ1) is 21.4. The summed E-state index contributed by atoms with van der Waals surface area (Å²) in [6, 6.07) is 12.6. The second kappa shape index (κ2) is 11.0. The molecule has 0 saturated heterocycles. The number of allylic oxidation sites excluding steroid dienone is 1. The Kier molecular flexibility index (Phi) is 8.40. The first-order chi connectivity index (χ1) is 13.5. The number of carbonyl (C=O) groups excluding carboxylic acids is 2. The molecule has 0 amide bonds. The van der Waals surface area contributed by atoms with Gasteiger partial charge in [-0.1, -0.05) is 43.3 Å². The summed E-state index contributed by atoms with van der Waals surface area (Å²) < 4.78 is 6.39. The number of methoxy groups -OCH3 is 1. The third-order valence-electron chi connectivity index (χ3n) is 4.60. The normalized spacial score (nSPS) is 12.1. The largest absolute Gasteiger partial charge is 0.469 e. The van der Waals surface area contributed by atoms with Crippen LogP contribution in [0.1, 0.15) is 48.5 Å². The molecule has 1 aromatic carbocycles. The first-order valence-corrected chi connectivity index (χ1v) is 9.54. The second-order valence-corrected chi connectivity index (χ2v) is 6.79. The average molecular weight is 381 g/mol. The van der Waals surface area contributed by atoms with Crippen LogP contribution in [0.25, 0.3) is 6.08 Å². The molecule has 0 aliphatic heterocycles. The Morgan fingerprint density at radius 1 is 1.18 bits per heavy atom. The van der Waals surface area contributed by atoms with Crippen LogP contribution in [0.15, 0.2) is 59.5 Å². The number of ether oxygens (including phenoxy) is 1. The van der Waals surface area contributed by atoms with E-state index in [4.69, 9.17) is 0 Å². The summed E-state index contributed by atoms with van der Waals surface area (Å²) >= 11 is 0. The van der Waals surface area contributed by atoms with Crippen molar-refractivity contribution in [3.05, 3.63) is 76.2 Å². The maximum Gasteiger partial charge on any atom is 0.308 e. The lowest BCUT2D eigenvalue weighted by atomic mass is 9.99. The Labute approximate surface area is 165 Å². The maximum atomic E-state index is 12.4. The average Bonchev–Trinajstić information content (AvgIpc) is 2.72. The molecule has 0 bridgehead atoms. The molecule has 148 valence electrons. The zero-order valence-corrected chi connectivity index (χ0v) is 16.5. The molecule has 2 aromatic rings. The van der Waals surface area contributed by atoms with E-state index < -0.39 is 0 Å². The molecule has 0 fully saturated rings. The van der Waals surface area contributed by atoms with Gasteiger partial charge in [0, 0.05) is 30.8 Å². The number of ketones is 1. The molecular weight excluding hydrogens is 354 g/mol. The summed E-state index contributed by atoms with van der Waals surface area (Å²) in [6.45, 7) is 2.45. The maximum absolute atomic E-state index is 12.4. The number of nitrogens with zero attached hydrogens (tertiary/aromatic N) is 1. The van der Waals surface area contributed by atoms with Crippen molar-refractivity contribution in [3.63, 3.8) is 0 Å². The number of pyridine rings is 1. The lowest BCUT2D eigenvalue weighted by molar-refractivity contribution is -0.144. The van der Waals surface area contributed by atoms with Gasteiger partial charge in [0.2, 0.25) is 5.56 Å². The molecule has 1 atom stereocenters. The summed E-state index contributed by atoms with van der Waals surface area (Å²) in [5, 5.41) is 0. The van der Waals surface area contributed by atoms with Crippen LogP contribution in [-0.4, -0.2) is 23.4 Å². The van der Waals surface area contributed by atoms with Gasteiger partial charge in [0.1, 0.15) is 0 Å². The van der Waals surface area contributed by atoms with Gasteiger partial charge in [-0.15, -0.1) is 0 Å². The number of hydrogen-bond acceptors (Lipinski definition) is 4. The summed E-state index contributed by atoms with van der Waals surface area (Å²) in [5.41, 5.74) is 1.62. The number of unbranched alkanes of at least 4 members (excludes halogenated alkanes) is 1. The van der Waals surface area contributed by atoms with E-state index in [1.54, 1.807) is 35.9 Å². The Balaban J connectivity index is 1.84. The number of aromatic nitrogens is 1. The minimum Gasteiger partial charge on any atom is -0.469 e. The molecule has 0 unspecified atom stereocenters. The molecule has 5 heteroatoms. The molecule has 28 heavy (non-hydrogen) atoms. The number of benzene rings is 1. The Morgan fingerprint density at radius 2 is 2.00 bits per heavy atom. The zero-order chi connectivity index (χ0) is 20.4. The lowest BCUT2D eigenvalue weighted by Gasteiger charge is -2.08. The van der Waals surface area contributed by atoms with E-state index in [0.717, 1.165) is 18.4 Å². The number of hydrogen-bond donors (Lipinski definition) is 0. The van der Waals surface area contributed by atoms with Gasteiger partial charge in [0.15, 0.2) is 5.78 Å². The highest BCUT2D eigenvalue weighted by Crippen LogP contribution is 2.14. The van der Waals surface area contributed by atoms with Crippen LogP contribution in [0.2, 0.25) is 0 Å². The van der Waals surface area contributed by atoms with Crippen LogP contribution in [-0.2, 0) is 16.1 Å². The number of carbonyl (C=O) groups is 2. The van der Waals surface area contributed by atoms with Gasteiger partial charge in [-0.2, -0.15) is 0 Å². The quantitative estimate of drug-likeness (QED) is 0.353. The summed E-state index contributed by atoms with van der Waals surface area (Å²) in [6.07, 6.45) is 8.33. The van der Waals surface area contributed by atoms with Gasteiger partial charge in [-0.05, 0) is 37.0 Å². The smallest absolute Gasteiger partial charge is 0.308 e. The Morgan fingerprint density at radius 3 is 2.75 bits per heavy atom. The first-order valence-electron chi connectivity index (χ1n) is 9.54. The highest BCUT2D eigenvalue weighted by molar-refractivity contribution is 5.96. The number of aryl methyl sites for hydroxylation is 1. The lowest BCUT2D eigenvalue weighted by Crippen LogP contribution is -2.17. The zero-order valence-electron chi connectivity index (χ0n) is 16.5. The monoisotopic (exact) mass is 381 g/mol. The van der Waals surface area contributed by atoms with E-state index in [1.165, 1.54) is 7.11 Å². The SMILES string of the molecule is COC(=O)[C@@H](C)CCC(=O)c1cccc(/C=C\CCCn2ccccc2=O)c1. The minimum absolute atomic E-state index is 0.0132. The van der Waals surface area contributed by atoms with Gasteiger partial charge in [0.25, 0.3) is 0 Å². The van der Waals surface area contributed by atoms with Crippen LogP contribution >= 0.6 is 0 Å². The fraction of sp³-hybridized carbons (Fsp3) is 0.348. The topological polar surface area (TPSA) is 65.4 Å². The number of Topliss-reactive ketones (excluding diaryl/α,β-unsaturated/α-hetero) is 1. The van der Waals surface area contributed by atoms with E-state index in [0.29, 0.717) is 24.9 Å². The highest BCUT2D eigenvalue weighted by Gasteiger charge is 2.15. The predicted molar refractivity (Wildman–Crippen MR) is 110 cm³/mol. The molecule has 1 aromatic heterocycles. The van der Waals surface area contributed by atoms with Crippen molar-refractivity contribution in [1.82, 2.24) is 4.57 Å². The van der Waals surface area contributed by atoms with Crippen LogP contribution < -0.4 is 5.56 Å². The molecule has 0 spiro atoms. The fourth-order valence-corrected chi connectivity index (χ4v) is 2.87. The van der Waals surface area contributed by atoms with Crippen molar-refractivity contribution in [2.75, 3.05) is 7.11 Å². The Hall–Kier alpha value is -2.95. The molecule has 0 saturated carbocycles.